The van der Waals surface area contributed by atoms with Crippen molar-refractivity contribution in [2.45, 2.75) is 13.3 Å². The van der Waals surface area contributed by atoms with Gasteiger partial charge in [-0.3, -0.25) is 4.79 Å². The van der Waals surface area contributed by atoms with E-state index in [1.807, 2.05) is 37.3 Å². The van der Waals surface area contributed by atoms with E-state index < -0.39 is 29.0 Å². The van der Waals surface area contributed by atoms with Gasteiger partial charge in [-0.2, -0.15) is 0 Å². The summed E-state index contributed by atoms with van der Waals surface area (Å²) in [5.74, 6) is -3.90. The van der Waals surface area contributed by atoms with Crippen LogP contribution >= 0.6 is 0 Å². The van der Waals surface area contributed by atoms with Crippen molar-refractivity contribution in [1.82, 2.24) is 10.6 Å². The first kappa shape index (κ1) is 22.1. The van der Waals surface area contributed by atoms with E-state index in [0.29, 0.717) is 32.1 Å². The Bertz CT molecular complexity index is 832. The van der Waals surface area contributed by atoms with Crippen LogP contribution in [0.3, 0.4) is 0 Å². The van der Waals surface area contributed by atoms with Crippen molar-refractivity contribution in [3.63, 3.8) is 0 Å². The number of anilines is 1. The lowest BCUT2D eigenvalue weighted by Gasteiger charge is -2.12. The zero-order valence-electron chi connectivity index (χ0n) is 16.0. The number of halogens is 3. The molecule has 0 radical (unpaired) electrons. The summed E-state index contributed by atoms with van der Waals surface area (Å²) in [5.41, 5.74) is -0.444. The topological polar surface area (TPSA) is 74.8 Å². The van der Waals surface area contributed by atoms with Crippen LogP contribution in [0.4, 0.5) is 18.9 Å². The van der Waals surface area contributed by atoms with Crippen LogP contribution in [0.15, 0.2) is 47.5 Å². The molecule has 2 aromatic rings. The Kier molecular flexibility index (Phi) is 8.81. The van der Waals surface area contributed by atoms with Crippen molar-refractivity contribution in [3.05, 3.63) is 59.9 Å². The second-order valence-electron chi connectivity index (χ2n) is 5.91. The summed E-state index contributed by atoms with van der Waals surface area (Å²) in [5, 5.41) is 8.19. The number of carbonyl (C=O) groups is 1. The second kappa shape index (κ2) is 11.6. The molecule has 9 heteroatoms. The maximum absolute atomic E-state index is 13.6. The van der Waals surface area contributed by atoms with Gasteiger partial charge in [0.25, 0.3) is 0 Å². The molecule has 0 bridgehead atoms. The van der Waals surface area contributed by atoms with E-state index in [9.17, 15) is 18.0 Å². The minimum atomic E-state index is -1.64. The summed E-state index contributed by atoms with van der Waals surface area (Å²) in [6, 6.07) is 11.1. The Morgan fingerprint density at radius 3 is 2.52 bits per heavy atom. The number of amides is 1. The van der Waals surface area contributed by atoms with Gasteiger partial charge in [0.1, 0.15) is 12.3 Å². The predicted molar refractivity (Wildman–Crippen MR) is 105 cm³/mol. The number of ether oxygens (including phenoxy) is 1. The first-order chi connectivity index (χ1) is 14.0. The fraction of sp³-hybridized carbons (Fsp3) is 0.300. The van der Waals surface area contributed by atoms with Crippen LogP contribution < -0.4 is 20.7 Å². The average molecular weight is 408 g/mol. The second-order valence-corrected chi connectivity index (χ2v) is 5.91. The molecule has 0 aliphatic rings. The minimum absolute atomic E-state index is 0.325. The highest BCUT2D eigenvalue weighted by Gasteiger charge is 2.15. The molecular formula is C20H23F3N4O2. The lowest BCUT2D eigenvalue weighted by Crippen LogP contribution is -2.38. The summed E-state index contributed by atoms with van der Waals surface area (Å²) in [7, 11) is 0. The van der Waals surface area contributed by atoms with Crippen molar-refractivity contribution in [2.75, 3.05) is 31.6 Å². The molecular weight excluding hydrogens is 385 g/mol. The van der Waals surface area contributed by atoms with E-state index >= 15 is 0 Å². The Balaban J connectivity index is 1.78. The van der Waals surface area contributed by atoms with Crippen LogP contribution in [0, 0.1) is 17.5 Å². The zero-order chi connectivity index (χ0) is 21.1. The van der Waals surface area contributed by atoms with Gasteiger partial charge in [0, 0.05) is 13.1 Å². The molecule has 0 aliphatic heterocycles. The quantitative estimate of drug-likeness (QED) is 0.258. The van der Waals surface area contributed by atoms with Crippen molar-refractivity contribution in [1.29, 1.82) is 0 Å². The van der Waals surface area contributed by atoms with Crippen molar-refractivity contribution in [3.8, 4) is 5.75 Å². The molecule has 0 heterocycles. The monoisotopic (exact) mass is 408 g/mol. The summed E-state index contributed by atoms with van der Waals surface area (Å²) in [6.07, 6.45) is 0.700. The van der Waals surface area contributed by atoms with E-state index in [-0.39, 0.29) is 6.54 Å². The molecule has 0 spiro atoms. The first-order valence-electron chi connectivity index (χ1n) is 9.14. The van der Waals surface area contributed by atoms with E-state index in [1.165, 1.54) is 0 Å². The molecule has 0 saturated heterocycles. The molecule has 3 N–H and O–H groups in total. The van der Waals surface area contributed by atoms with Crippen LogP contribution in [0.2, 0.25) is 0 Å². The number of para-hydroxylation sites is 1. The van der Waals surface area contributed by atoms with Gasteiger partial charge in [-0.1, -0.05) is 18.2 Å². The Morgan fingerprint density at radius 2 is 1.79 bits per heavy atom. The number of nitrogens with one attached hydrogen (secondary N) is 3. The number of rotatable bonds is 9. The molecule has 0 unspecified atom stereocenters. The Morgan fingerprint density at radius 1 is 1.03 bits per heavy atom. The van der Waals surface area contributed by atoms with Crippen molar-refractivity contribution < 1.29 is 22.7 Å². The number of aliphatic imine (C=N–C) groups is 1. The third kappa shape index (κ3) is 7.36. The SMILES string of the molecule is CCNC(=NCC(=O)Nc1ccc(F)c(F)c1F)NCCCOc1ccccc1. The lowest BCUT2D eigenvalue weighted by molar-refractivity contribution is -0.114. The normalized spacial score (nSPS) is 11.1. The standard InChI is InChI=1S/C20H23F3N4O2/c1-2-24-20(25-11-6-12-29-14-7-4-3-5-8-14)26-13-17(28)27-16-10-9-15(21)18(22)19(16)23/h3-5,7-10H,2,6,11-13H2,1H3,(H,27,28)(H2,24,25,26). The van der Waals surface area contributed by atoms with Crippen LogP contribution in [0.25, 0.3) is 0 Å². The van der Waals surface area contributed by atoms with Gasteiger partial charge in [-0.25, -0.2) is 18.2 Å². The Hall–Kier alpha value is -3.23. The number of nitrogens with zero attached hydrogens (tertiary/aromatic N) is 1. The number of hydrogen-bond donors (Lipinski definition) is 3. The van der Waals surface area contributed by atoms with Gasteiger partial charge in [-0.05, 0) is 37.6 Å². The summed E-state index contributed by atoms with van der Waals surface area (Å²) in [4.78, 5) is 16.0. The molecule has 0 aromatic heterocycles. The molecule has 29 heavy (non-hydrogen) atoms. The molecule has 0 fully saturated rings. The maximum atomic E-state index is 13.6. The van der Waals surface area contributed by atoms with Crippen LogP contribution in [0.5, 0.6) is 5.75 Å². The lowest BCUT2D eigenvalue weighted by atomic mass is 10.3. The zero-order valence-corrected chi connectivity index (χ0v) is 16.0. The van der Waals surface area contributed by atoms with Gasteiger partial charge in [0.05, 0.1) is 12.3 Å². The number of carbonyl (C=O) groups excluding carboxylic acids is 1. The average Bonchev–Trinajstić information content (AvgIpc) is 2.73. The highest BCUT2D eigenvalue weighted by molar-refractivity contribution is 5.94. The molecule has 156 valence electrons. The molecule has 0 saturated carbocycles. The van der Waals surface area contributed by atoms with Crippen LogP contribution in [-0.2, 0) is 4.79 Å². The fourth-order valence-electron chi connectivity index (χ4n) is 2.29. The van der Waals surface area contributed by atoms with Gasteiger partial charge in [0.15, 0.2) is 23.4 Å². The smallest absolute Gasteiger partial charge is 0.246 e. The molecule has 6 nitrogen and oxygen atoms in total. The summed E-state index contributed by atoms with van der Waals surface area (Å²) in [6.45, 7) is 3.18. The van der Waals surface area contributed by atoms with E-state index in [0.717, 1.165) is 17.9 Å². The third-order valence-corrected chi connectivity index (χ3v) is 3.66. The molecule has 1 amide bonds. The van der Waals surface area contributed by atoms with Crippen molar-refractivity contribution >= 4 is 17.6 Å². The molecule has 2 rings (SSSR count). The molecule has 0 aliphatic carbocycles. The van der Waals surface area contributed by atoms with Gasteiger partial charge in [-0.15, -0.1) is 0 Å². The number of benzene rings is 2. The molecule has 2 aromatic carbocycles. The number of guanidine groups is 1. The van der Waals surface area contributed by atoms with Gasteiger partial charge < -0.3 is 20.7 Å². The largest absolute Gasteiger partial charge is 0.494 e. The van der Waals surface area contributed by atoms with E-state index in [2.05, 4.69) is 20.9 Å². The molecule has 0 atom stereocenters. The predicted octanol–water partition coefficient (Wildman–Crippen LogP) is 3.07. The summed E-state index contributed by atoms with van der Waals surface area (Å²) >= 11 is 0. The van der Waals surface area contributed by atoms with Gasteiger partial charge in [0.2, 0.25) is 5.91 Å². The fourth-order valence-corrected chi connectivity index (χ4v) is 2.29. The highest BCUT2D eigenvalue weighted by atomic mass is 19.2. The van der Waals surface area contributed by atoms with Crippen LogP contribution in [-0.4, -0.2) is 38.1 Å². The van der Waals surface area contributed by atoms with E-state index in [4.69, 9.17) is 4.74 Å². The van der Waals surface area contributed by atoms with E-state index in [1.54, 1.807) is 0 Å². The third-order valence-electron chi connectivity index (χ3n) is 3.66. The maximum Gasteiger partial charge on any atom is 0.246 e. The summed E-state index contributed by atoms with van der Waals surface area (Å²) < 4.78 is 45.3. The van der Waals surface area contributed by atoms with Crippen molar-refractivity contribution in [2.24, 2.45) is 4.99 Å². The van der Waals surface area contributed by atoms with Crippen LogP contribution in [0.1, 0.15) is 13.3 Å². The highest BCUT2D eigenvalue weighted by Crippen LogP contribution is 2.19. The Labute approximate surface area is 167 Å². The number of hydrogen-bond acceptors (Lipinski definition) is 3. The van der Waals surface area contributed by atoms with Gasteiger partial charge >= 0.3 is 0 Å². The minimum Gasteiger partial charge on any atom is -0.494 e. The first-order valence-corrected chi connectivity index (χ1v) is 9.14.